The fraction of sp³-hybridized carbons (Fsp3) is 0.579. The number of ether oxygens (including phenoxy) is 1. The molecule has 1 aromatic rings. The fourth-order valence-corrected chi connectivity index (χ4v) is 3.02. The Morgan fingerprint density at radius 3 is 2.32 bits per heavy atom. The molecule has 0 radical (unpaired) electrons. The molecule has 2 amide bonds. The molecule has 1 heterocycles. The molecule has 0 unspecified atom stereocenters. The molecule has 0 aliphatic carbocycles. The van der Waals surface area contributed by atoms with Crippen LogP contribution < -0.4 is 4.74 Å². The first-order valence-corrected chi connectivity index (χ1v) is 9.32. The molecule has 1 aliphatic rings. The molecule has 0 aromatic heterocycles. The van der Waals surface area contributed by atoms with Gasteiger partial charge in [-0.05, 0) is 32.0 Å². The molecule has 0 N–H and O–H groups in total. The quantitative estimate of drug-likeness (QED) is 0.702. The SMILES string of the molecule is CCN(CC)C(=O)CN1CCN(C(=O)COc2cccc(C(F)(F)F)c2)CC1. The molecule has 0 spiro atoms. The van der Waals surface area contributed by atoms with Crippen LogP contribution >= 0.6 is 0 Å². The zero-order valence-electron chi connectivity index (χ0n) is 16.2. The molecule has 2 rings (SSSR count). The van der Waals surface area contributed by atoms with E-state index in [4.69, 9.17) is 4.74 Å². The Hall–Kier alpha value is -2.29. The Balaban J connectivity index is 1.79. The molecule has 156 valence electrons. The highest BCUT2D eigenvalue weighted by atomic mass is 19.4. The molecule has 0 bridgehead atoms. The third kappa shape index (κ3) is 6.12. The maximum atomic E-state index is 12.7. The second-order valence-electron chi connectivity index (χ2n) is 6.54. The minimum Gasteiger partial charge on any atom is -0.484 e. The summed E-state index contributed by atoms with van der Waals surface area (Å²) in [4.78, 5) is 29.8. The van der Waals surface area contributed by atoms with Crippen molar-refractivity contribution in [3.05, 3.63) is 29.8 Å². The van der Waals surface area contributed by atoms with Gasteiger partial charge in [-0.15, -0.1) is 0 Å². The van der Waals surface area contributed by atoms with Crippen LogP contribution in [-0.2, 0) is 15.8 Å². The van der Waals surface area contributed by atoms with Gasteiger partial charge in [0.1, 0.15) is 5.75 Å². The van der Waals surface area contributed by atoms with Gasteiger partial charge < -0.3 is 14.5 Å². The number of piperazine rings is 1. The largest absolute Gasteiger partial charge is 0.484 e. The van der Waals surface area contributed by atoms with E-state index >= 15 is 0 Å². The number of nitrogens with zero attached hydrogens (tertiary/aromatic N) is 3. The van der Waals surface area contributed by atoms with E-state index in [1.165, 1.54) is 12.1 Å². The van der Waals surface area contributed by atoms with Gasteiger partial charge in [0.05, 0.1) is 12.1 Å². The van der Waals surface area contributed by atoms with Gasteiger partial charge in [-0.2, -0.15) is 13.2 Å². The Kier molecular flexibility index (Phi) is 7.68. The van der Waals surface area contributed by atoms with Crippen molar-refractivity contribution in [3.63, 3.8) is 0 Å². The van der Waals surface area contributed by atoms with Crippen LogP contribution in [0.2, 0.25) is 0 Å². The van der Waals surface area contributed by atoms with Gasteiger partial charge in [-0.3, -0.25) is 14.5 Å². The fourth-order valence-electron chi connectivity index (χ4n) is 3.02. The lowest BCUT2D eigenvalue weighted by atomic mass is 10.2. The van der Waals surface area contributed by atoms with Crippen molar-refractivity contribution in [3.8, 4) is 5.75 Å². The van der Waals surface area contributed by atoms with E-state index in [0.29, 0.717) is 45.8 Å². The zero-order valence-corrected chi connectivity index (χ0v) is 16.2. The molecule has 6 nitrogen and oxygen atoms in total. The number of hydrogen-bond donors (Lipinski definition) is 0. The van der Waals surface area contributed by atoms with Crippen LogP contribution in [0.15, 0.2) is 24.3 Å². The Morgan fingerprint density at radius 2 is 1.75 bits per heavy atom. The van der Waals surface area contributed by atoms with Crippen LogP contribution in [0.3, 0.4) is 0 Å². The third-order valence-electron chi connectivity index (χ3n) is 4.72. The minimum absolute atomic E-state index is 0.00614. The monoisotopic (exact) mass is 401 g/mol. The Morgan fingerprint density at radius 1 is 1.11 bits per heavy atom. The summed E-state index contributed by atoms with van der Waals surface area (Å²) in [6, 6.07) is 4.46. The first-order valence-electron chi connectivity index (χ1n) is 9.32. The van der Waals surface area contributed by atoms with Gasteiger partial charge in [0.25, 0.3) is 5.91 Å². The van der Waals surface area contributed by atoms with E-state index in [-0.39, 0.29) is 24.2 Å². The number of amides is 2. The van der Waals surface area contributed by atoms with Crippen LogP contribution in [-0.4, -0.2) is 78.9 Å². The van der Waals surface area contributed by atoms with Crippen molar-refractivity contribution in [1.82, 2.24) is 14.7 Å². The van der Waals surface area contributed by atoms with Crippen LogP contribution in [0.4, 0.5) is 13.2 Å². The standard InChI is InChI=1S/C19H26F3N3O3/c1-3-24(4-2)17(26)13-23-8-10-25(11-9-23)18(27)14-28-16-7-5-6-15(12-16)19(20,21)22/h5-7,12H,3-4,8-11,13-14H2,1-2H3. The molecular formula is C19H26F3N3O3. The van der Waals surface area contributed by atoms with Gasteiger partial charge >= 0.3 is 6.18 Å². The summed E-state index contributed by atoms with van der Waals surface area (Å²) in [6.07, 6.45) is -4.46. The van der Waals surface area contributed by atoms with Crippen LogP contribution in [0.1, 0.15) is 19.4 Å². The van der Waals surface area contributed by atoms with Crippen molar-refractivity contribution >= 4 is 11.8 Å². The maximum Gasteiger partial charge on any atom is 0.416 e. The summed E-state index contributed by atoms with van der Waals surface area (Å²) in [5.74, 6) is -0.212. The first-order chi connectivity index (χ1) is 13.2. The molecule has 9 heteroatoms. The van der Waals surface area contributed by atoms with Gasteiger partial charge in [0.2, 0.25) is 5.91 Å². The van der Waals surface area contributed by atoms with Crippen molar-refractivity contribution in [2.45, 2.75) is 20.0 Å². The first kappa shape index (κ1) is 22.0. The molecule has 1 aromatic carbocycles. The second kappa shape index (κ2) is 9.77. The van der Waals surface area contributed by atoms with E-state index in [0.717, 1.165) is 12.1 Å². The van der Waals surface area contributed by atoms with Gasteiger partial charge in [0, 0.05) is 39.3 Å². The van der Waals surface area contributed by atoms with E-state index in [9.17, 15) is 22.8 Å². The van der Waals surface area contributed by atoms with Gasteiger partial charge in [-0.1, -0.05) is 6.07 Å². The lowest BCUT2D eigenvalue weighted by molar-refractivity contribution is -0.137. The summed E-state index contributed by atoms with van der Waals surface area (Å²) in [5.41, 5.74) is -0.816. The van der Waals surface area contributed by atoms with Crippen molar-refractivity contribution < 1.29 is 27.5 Å². The Bertz CT molecular complexity index is 670. The predicted molar refractivity (Wildman–Crippen MR) is 97.9 cm³/mol. The molecule has 0 atom stereocenters. The summed E-state index contributed by atoms with van der Waals surface area (Å²) in [5, 5.41) is 0. The van der Waals surface area contributed by atoms with Gasteiger partial charge in [0.15, 0.2) is 6.61 Å². The van der Waals surface area contributed by atoms with E-state index in [2.05, 4.69) is 0 Å². The van der Waals surface area contributed by atoms with Crippen molar-refractivity contribution in [1.29, 1.82) is 0 Å². The zero-order chi connectivity index (χ0) is 20.7. The number of alkyl halides is 3. The molecule has 1 aliphatic heterocycles. The number of carbonyl (C=O) groups excluding carboxylic acids is 2. The number of rotatable bonds is 7. The summed E-state index contributed by atoms with van der Waals surface area (Å²) in [7, 11) is 0. The van der Waals surface area contributed by atoms with Crippen molar-refractivity contribution in [2.24, 2.45) is 0 Å². The van der Waals surface area contributed by atoms with Crippen LogP contribution in [0.5, 0.6) is 5.75 Å². The lowest BCUT2D eigenvalue weighted by Crippen LogP contribution is -2.52. The normalized spacial score (nSPS) is 15.4. The molecule has 1 fully saturated rings. The third-order valence-corrected chi connectivity index (χ3v) is 4.72. The number of halogens is 3. The Labute approximate surface area is 162 Å². The maximum absolute atomic E-state index is 12.7. The smallest absolute Gasteiger partial charge is 0.416 e. The highest BCUT2D eigenvalue weighted by Crippen LogP contribution is 2.31. The topological polar surface area (TPSA) is 53.1 Å². The average molecular weight is 401 g/mol. The predicted octanol–water partition coefficient (Wildman–Crippen LogP) is 2.10. The average Bonchev–Trinajstić information content (AvgIpc) is 2.67. The molecular weight excluding hydrogens is 375 g/mol. The number of hydrogen-bond acceptors (Lipinski definition) is 4. The number of carbonyl (C=O) groups is 2. The highest BCUT2D eigenvalue weighted by molar-refractivity contribution is 5.79. The summed E-state index contributed by atoms with van der Waals surface area (Å²) in [6.45, 7) is 7.26. The molecule has 1 saturated heterocycles. The molecule has 0 saturated carbocycles. The summed E-state index contributed by atoms with van der Waals surface area (Å²) >= 11 is 0. The van der Waals surface area contributed by atoms with Crippen LogP contribution in [0.25, 0.3) is 0 Å². The minimum atomic E-state index is -4.46. The number of benzene rings is 1. The van der Waals surface area contributed by atoms with E-state index in [1.807, 2.05) is 18.7 Å². The van der Waals surface area contributed by atoms with Crippen LogP contribution in [0, 0.1) is 0 Å². The summed E-state index contributed by atoms with van der Waals surface area (Å²) < 4.78 is 43.4. The molecule has 28 heavy (non-hydrogen) atoms. The van der Waals surface area contributed by atoms with E-state index in [1.54, 1.807) is 9.80 Å². The van der Waals surface area contributed by atoms with Gasteiger partial charge in [-0.25, -0.2) is 0 Å². The number of likely N-dealkylation sites (N-methyl/N-ethyl adjacent to an activating group) is 1. The second-order valence-corrected chi connectivity index (χ2v) is 6.54. The lowest BCUT2D eigenvalue weighted by Gasteiger charge is -2.35. The highest BCUT2D eigenvalue weighted by Gasteiger charge is 2.30. The van der Waals surface area contributed by atoms with Crippen molar-refractivity contribution in [2.75, 3.05) is 52.4 Å². The van der Waals surface area contributed by atoms with E-state index < -0.39 is 11.7 Å².